The fourth-order valence-corrected chi connectivity index (χ4v) is 5.74. The molecule has 0 bridgehead atoms. The number of ether oxygens (including phenoxy) is 1. The summed E-state index contributed by atoms with van der Waals surface area (Å²) in [5, 5.41) is 4.02. The summed E-state index contributed by atoms with van der Waals surface area (Å²) in [5.41, 5.74) is 1.15. The molecule has 7 heteroatoms. The molecule has 0 saturated carbocycles. The molecule has 1 aromatic rings. The number of methoxy groups -OCH3 is 1. The van der Waals surface area contributed by atoms with Gasteiger partial charge in [-0.1, -0.05) is 12.2 Å². The second-order valence-corrected chi connectivity index (χ2v) is 9.68. The SMILES string of the molecule is COC(=O)[C@H]1CC=CC[C@H]1C(=O)N1CCC2(CCN(C(=O)/C=C/c3ccsc3)CC2)C1. The van der Waals surface area contributed by atoms with E-state index in [0.717, 1.165) is 51.0 Å². The molecule has 1 aliphatic carbocycles. The van der Waals surface area contributed by atoms with Crippen LogP contribution in [0.4, 0.5) is 0 Å². The summed E-state index contributed by atoms with van der Waals surface area (Å²) < 4.78 is 4.93. The topological polar surface area (TPSA) is 66.9 Å². The van der Waals surface area contributed by atoms with Crippen molar-refractivity contribution < 1.29 is 19.1 Å². The number of likely N-dealkylation sites (tertiary alicyclic amines) is 2. The Hall–Kier alpha value is -2.41. The molecule has 3 heterocycles. The number of piperidine rings is 1. The van der Waals surface area contributed by atoms with Crippen molar-refractivity contribution in [1.29, 1.82) is 0 Å². The van der Waals surface area contributed by atoms with Gasteiger partial charge in [-0.15, -0.1) is 0 Å². The highest BCUT2D eigenvalue weighted by atomic mass is 32.1. The molecule has 2 aliphatic heterocycles. The van der Waals surface area contributed by atoms with E-state index in [0.29, 0.717) is 12.8 Å². The molecule has 1 spiro atoms. The van der Waals surface area contributed by atoms with Crippen molar-refractivity contribution in [3.63, 3.8) is 0 Å². The molecule has 2 atom stereocenters. The number of allylic oxidation sites excluding steroid dienone is 2. The molecule has 2 amide bonds. The highest BCUT2D eigenvalue weighted by molar-refractivity contribution is 7.08. The van der Waals surface area contributed by atoms with Crippen LogP contribution >= 0.6 is 11.3 Å². The monoisotopic (exact) mass is 442 g/mol. The van der Waals surface area contributed by atoms with Crippen LogP contribution in [0.2, 0.25) is 0 Å². The van der Waals surface area contributed by atoms with E-state index in [-0.39, 0.29) is 35.0 Å². The van der Waals surface area contributed by atoms with Crippen LogP contribution in [0.3, 0.4) is 0 Å². The molecule has 0 radical (unpaired) electrons. The minimum absolute atomic E-state index is 0.0573. The van der Waals surface area contributed by atoms with E-state index in [1.54, 1.807) is 17.4 Å². The lowest BCUT2D eigenvalue weighted by Gasteiger charge is -2.39. The number of nitrogens with zero attached hydrogens (tertiary/aromatic N) is 2. The predicted octanol–water partition coefficient (Wildman–Crippen LogP) is 3.36. The molecule has 4 rings (SSSR count). The summed E-state index contributed by atoms with van der Waals surface area (Å²) in [5.74, 6) is -0.861. The van der Waals surface area contributed by atoms with Crippen LogP contribution < -0.4 is 0 Å². The maximum atomic E-state index is 13.2. The second-order valence-electron chi connectivity index (χ2n) is 8.90. The van der Waals surface area contributed by atoms with Crippen LogP contribution in [0, 0.1) is 17.3 Å². The van der Waals surface area contributed by atoms with Crippen LogP contribution in [0.5, 0.6) is 0 Å². The average molecular weight is 443 g/mol. The fourth-order valence-electron chi connectivity index (χ4n) is 5.11. The van der Waals surface area contributed by atoms with E-state index < -0.39 is 0 Å². The van der Waals surface area contributed by atoms with Gasteiger partial charge in [0.1, 0.15) is 0 Å². The van der Waals surface area contributed by atoms with E-state index >= 15 is 0 Å². The van der Waals surface area contributed by atoms with Crippen LogP contribution in [0.15, 0.2) is 35.1 Å². The number of amides is 2. The van der Waals surface area contributed by atoms with Crippen molar-refractivity contribution >= 4 is 35.2 Å². The number of hydrogen-bond donors (Lipinski definition) is 0. The Bertz CT molecular complexity index is 868. The van der Waals surface area contributed by atoms with Gasteiger partial charge in [0, 0.05) is 32.3 Å². The van der Waals surface area contributed by atoms with Crippen LogP contribution in [-0.2, 0) is 19.1 Å². The van der Waals surface area contributed by atoms with Crippen LogP contribution in [0.25, 0.3) is 6.08 Å². The number of rotatable bonds is 4. The van der Waals surface area contributed by atoms with Crippen molar-refractivity contribution in [3.8, 4) is 0 Å². The Balaban J connectivity index is 1.32. The maximum Gasteiger partial charge on any atom is 0.309 e. The van der Waals surface area contributed by atoms with E-state index in [9.17, 15) is 14.4 Å². The Morgan fingerprint density at radius 2 is 1.74 bits per heavy atom. The third-order valence-electron chi connectivity index (χ3n) is 7.10. The largest absolute Gasteiger partial charge is 0.469 e. The van der Waals surface area contributed by atoms with Gasteiger partial charge in [0.05, 0.1) is 18.9 Å². The molecule has 0 aromatic carbocycles. The van der Waals surface area contributed by atoms with E-state index in [1.165, 1.54) is 7.11 Å². The Morgan fingerprint density at radius 3 is 2.39 bits per heavy atom. The minimum atomic E-state index is -0.381. The van der Waals surface area contributed by atoms with E-state index in [4.69, 9.17) is 4.74 Å². The number of thiophene rings is 1. The molecule has 166 valence electrons. The normalized spacial score (nSPS) is 25.3. The summed E-state index contributed by atoms with van der Waals surface area (Å²) in [6.45, 7) is 2.92. The zero-order chi connectivity index (χ0) is 21.8. The van der Waals surface area contributed by atoms with Crippen LogP contribution in [0.1, 0.15) is 37.7 Å². The standard InChI is InChI=1S/C24H30N2O4S/c1-30-23(29)20-5-3-2-4-19(20)22(28)26-14-11-24(17-26)9-12-25(13-10-24)21(27)7-6-18-8-15-31-16-18/h2-3,6-8,15-16,19-20H,4-5,9-14,17H2,1H3/b7-6+/t19-,20+/m1/s1. The zero-order valence-corrected chi connectivity index (χ0v) is 18.8. The summed E-state index contributed by atoms with van der Waals surface area (Å²) in [6.07, 6.45) is 11.5. The molecule has 1 aromatic heterocycles. The second kappa shape index (κ2) is 9.39. The van der Waals surface area contributed by atoms with Crippen molar-refractivity contribution in [2.45, 2.75) is 32.1 Å². The van der Waals surface area contributed by atoms with Crippen molar-refractivity contribution in [2.24, 2.45) is 17.3 Å². The van der Waals surface area contributed by atoms with Crippen molar-refractivity contribution in [2.75, 3.05) is 33.3 Å². The third-order valence-corrected chi connectivity index (χ3v) is 7.80. The van der Waals surface area contributed by atoms with E-state index in [2.05, 4.69) is 0 Å². The zero-order valence-electron chi connectivity index (χ0n) is 18.0. The first-order chi connectivity index (χ1) is 15.0. The minimum Gasteiger partial charge on any atom is -0.469 e. The highest BCUT2D eigenvalue weighted by Gasteiger charge is 2.45. The summed E-state index contributed by atoms with van der Waals surface area (Å²) in [7, 11) is 1.39. The molecule has 2 fully saturated rings. The number of carbonyl (C=O) groups excluding carboxylic acids is 3. The molecular weight excluding hydrogens is 412 g/mol. The number of esters is 1. The lowest BCUT2D eigenvalue weighted by atomic mass is 9.77. The van der Waals surface area contributed by atoms with Gasteiger partial charge in [-0.3, -0.25) is 14.4 Å². The summed E-state index contributed by atoms with van der Waals surface area (Å²) in [4.78, 5) is 41.8. The van der Waals surface area contributed by atoms with Crippen LogP contribution in [-0.4, -0.2) is 60.9 Å². The van der Waals surface area contributed by atoms with E-state index in [1.807, 2.05) is 44.9 Å². The molecule has 2 saturated heterocycles. The van der Waals surface area contributed by atoms with Gasteiger partial charge in [0.25, 0.3) is 0 Å². The molecule has 0 N–H and O–H groups in total. The predicted molar refractivity (Wildman–Crippen MR) is 120 cm³/mol. The Labute approximate surface area is 187 Å². The molecular formula is C24H30N2O4S. The number of carbonyl (C=O) groups is 3. The van der Waals surface area contributed by atoms with Gasteiger partial charge in [-0.2, -0.15) is 11.3 Å². The third kappa shape index (κ3) is 4.76. The molecule has 31 heavy (non-hydrogen) atoms. The highest BCUT2D eigenvalue weighted by Crippen LogP contribution is 2.42. The molecule has 0 unspecified atom stereocenters. The maximum absolute atomic E-state index is 13.2. The average Bonchev–Trinajstić information content (AvgIpc) is 3.47. The lowest BCUT2D eigenvalue weighted by Crippen LogP contribution is -2.45. The first-order valence-electron chi connectivity index (χ1n) is 11.0. The summed E-state index contributed by atoms with van der Waals surface area (Å²) in [6, 6.07) is 2.00. The summed E-state index contributed by atoms with van der Waals surface area (Å²) >= 11 is 1.62. The molecule has 3 aliphatic rings. The van der Waals surface area contributed by atoms with Gasteiger partial charge in [0.15, 0.2) is 0 Å². The quantitative estimate of drug-likeness (QED) is 0.407. The van der Waals surface area contributed by atoms with Gasteiger partial charge in [-0.05, 0) is 66.0 Å². The first kappa shape index (κ1) is 21.8. The van der Waals surface area contributed by atoms with Gasteiger partial charge >= 0.3 is 5.97 Å². The fraction of sp³-hybridized carbons (Fsp3) is 0.542. The van der Waals surface area contributed by atoms with Gasteiger partial charge in [0.2, 0.25) is 11.8 Å². The first-order valence-corrected chi connectivity index (χ1v) is 12.0. The number of hydrogen-bond acceptors (Lipinski definition) is 5. The Kier molecular flexibility index (Phi) is 6.60. The smallest absolute Gasteiger partial charge is 0.309 e. The Morgan fingerprint density at radius 1 is 1.06 bits per heavy atom. The molecule has 6 nitrogen and oxygen atoms in total. The van der Waals surface area contributed by atoms with Gasteiger partial charge in [-0.25, -0.2) is 0 Å². The van der Waals surface area contributed by atoms with Crippen molar-refractivity contribution in [3.05, 3.63) is 40.6 Å². The lowest BCUT2D eigenvalue weighted by molar-refractivity contribution is -0.153. The van der Waals surface area contributed by atoms with Gasteiger partial charge < -0.3 is 14.5 Å². The van der Waals surface area contributed by atoms with Crippen molar-refractivity contribution in [1.82, 2.24) is 9.80 Å².